The molecule has 1 aromatic heterocycles. The van der Waals surface area contributed by atoms with Crippen LogP contribution in [0, 0.1) is 0 Å². The molecule has 1 unspecified atom stereocenters. The van der Waals surface area contributed by atoms with Crippen molar-refractivity contribution in [3.8, 4) is 0 Å². The number of carbonyl (C=O) groups excluding carboxylic acids is 2. The molecule has 0 spiro atoms. The number of anilines is 1. The van der Waals surface area contributed by atoms with Gasteiger partial charge in [0.15, 0.2) is 5.76 Å². The molecule has 2 N–H and O–H groups in total. The van der Waals surface area contributed by atoms with E-state index in [4.69, 9.17) is 9.15 Å². The van der Waals surface area contributed by atoms with Crippen LogP contribution in [-0.4, -0.2) is 68.9 Å². The first-order valence-electron chi connectivity index (χ1n) is 9.74. The van der Waals surface area contributed by atoms with Gasteiger partial charge in [0.1, 0.15) is 6.04 Å². The summed E-state index contributed by atoms with van der Waals surface area (Å²) >= 11 is 1.55. The van der Waals surface area contributed by atoms with Gasteiger partial charge in [0.2, 0.25) is 15.9 Å². The molecule has 2 amide bonds. The highest BCUT2D eigenvalue weighted by Crippen LogP contribution is 2.21. The van der Waals surface area contributed by atoms with Crippen LogP contribution in [-0.2, 0) is 19.6 Å². The Morgan fingerprint density at radius 2 is 1.97 bits per heavy atom. The molecule has 2 aromatic rings. The first-order valence-corrected chi connectivity index (χ1v) is 12.6. The zero-order valence-corrected chi connectivity index (χ0v) is 18.7. The molecule has 1 saturated heterocycles. The molecule has 0 radical (unpaired) electrons. The molecule has 3 rings (SSSR count). The molecule has 1 fully saturated rings. The number of hydrogen-bond donors (Lipinski definition) is 2. The lowest BCUT2D eigenvalue weighted by Crippen LogP contribution is -2.44. The SMILES string of the molecule is CSCCC(NC(=O)c1ccco1)C(=O)Nc1cccc(S(=O)(=O)N2CCOCC2)c1. The van der Waals surface area contributed by atoms with Crippen molar-refractivity contribution in [3.63, 3.8) is 0 Å². The molecule has 1 aliphatic rings. The van der Waals surface area contributed by atoms with E-state index < -0.39 is 27.9 Å². The highest BCUT2D eigenvalue weighted by atomic mass is 32.2. The molecular weight excluding hydrogens is 442 g/mol. The number of carbonyl (C=O) groups is 2. The van der Waals surface area contributed by atoms with Gasteiger partial charge in [-0.05, 0) is 48.8 Å². The zero-order chi connectivity index (χ0) is 22.3. The van der Waals surface area contributed by atoms with E-state index in [1.165, 1.54) is 28.8 Å². The molecule has 0 bridgehead atoms. The van der Waals surface area contributed by atoms with Crippen LogP contribution >= 0.6 is 11.8 Å². The average molecular weight is 468 g/mol. The number of nitrogens with zero attached hydrogens (tertiary/aromatic N) is 1. The minimum atomic E-state index is -3.69. The standard InChI is InChI=1S/C20H25N3O6S2/c1-30-13-7-17(22-20(25)18-6-3-10-29-18)19(24)21-15-4-2-5-16(14-15)31(26,27)23-8-11-28-12-9-23/h2-6,10,14,17H,7-9,11-13H2,1H3,(H,21,24)(H,22,25). The third-order valence-electron chi connectivity index (χ3n) is 4.69. The highest BCUT2D eigenvalue weighted by molar-refractivity contribution is 7.98. The van der Waals surface area contributed by atoms with Crippen LogP contribution in [0.4, 0.5) is 5.69 Å². The summed E-state index contributed by atoms with van der Waals surface area (Å²) in [6, 6.07) is 8.39. The number of amides is 2. The lowest BCUT2D eigenvalue weighted by molar-refractivity contribution is -0.118. The van der Waals surface area contributed by atoms with E-state index in [9.17, 15) is 18.0 Å². The summed E-state index contributed by atoms with van der Waals surface area (Å²) in [5.74, 6) is -0.160. The van der Waals surface area contributed by atoms with Gasteiger partial charge in [-0.1, -0.05) is 6.07 Å². The van der Waals surface area contributed by atoms with Crippen LogP contribution in [0.5, 0.6) is 0 Å². The average Bonchev–Trinajstić information content (AvgIpc) is 3.32. The Labute approximate surface area is 185 Å². The second-order valence-corrected chi connectivity index (χ2v) is 9.74. The smallest absolute Gasteiger partial charge is 0.287 e. The number of thioether (sulfide) groups is 1. The third-order valence-corrected chi connectivity index (χ3v) is 7.23. The summed E-state index contributed by atoms with van der Waals surface area (Å²) in [7, 11) is -3.69. The van der Waals surface area contributed by atoms with E-state index in [1.807, 2.05) is 6.26 Å². The minimum absolute atomic E-state index is 0.0903. The number of morpholine rings is 1. The van der Waals surface area contributed by atoms with Gasteiger partial charge >= 0.3 is 0 Å². The van der Waals surface area contributed by atoms with Crippen molar-refractivity contribution in [3.05, 3.63) is 48.4 Å². The molecule has 0 saturated carbocycles. The van der Waals surface area contributed by atoms with E-state index in [0.717, 1.165) is 0 Å². The molecule has 1 aromatic carbocycles. The lowest BCUT2D eigenvalue weighted by atomic mass is 10.2. The fourth-order valence-corrected chi connectivity index (χ4v) is 4.97. The number of ether oxygens (including phenoxy) is 1. The summed E-state index contributed by atoms with van der Waals surface area (Å²) in [4.78, 5) is 25.2. The third kappa shape index (κ3) is 6.10. The Morgan fingerprint density at radius 3 is 2.65 bits per heavy atom. The predicted molar refractivity (Wildman–Crippen MR) is 118 cm³/mol. The number of rotatable bonds is 9. The van der Waals surface area contributed by atoms with Crippen LogP contribution in [0.25, 0.3) is 0 Å². The van der Waals surface area contributed by atoms with E-state index in [1.54, 1.807) is 30.0 Å². The molecule has 31 heavy (non-hydrogen) atoms. The van der Waals surface area contributed by atoms with Gasteiger partial charge in [-0.3, -0.25) is 9.59 Å². The second kappa shape index (κ2) is 10.8. The number of sulfonamides is 1. The molecule has 2 heterocycles. The molecule has 0 aliphatic carbocycles. The number of nitrogens with one attached hydrogen (secondary N) is 2. The quantitative estimate of drug-likeness (QED) is 0.577. The van der Waals surface area contributed by atoms with Crippen molar-refractivity contribution < 1.29 is 27.2 Å². The molecule has 1 atom stereocenters. The van der Waals surface area contributed by atoms with Crippen molar-refractivity contribution in [1.29, 1.82) is 0 Å². The van der Waals surface area contributed by atoms with Gasteiger partial charge in [0.25, 0.3) is 5.91 Å². The van der Waals surface area contributed by atoms with Gasteiger partial charge < -0.3 is 19.8 Å². The summed E-state index contributed by atoms with van der Waals surface area (Å²) in [6.07, 6.45) is 3.70. The fraction of sp³-hybridized carbons (Fsp3) is 0.400. The monoisotopic (exact) mass is 467 g/mol. The van der Waals surface area contributed by atoms with Crippen molar-refractivity contribution in [2.24, 2.45) is 0 Å². The number of furan rings is 1. The van der Waals surface area contributed by atoms with Gasteiger partial charge in [-0.2, -0.15) is 16.1 Å². The highest BCUT2D eigenvalue weighted by Gasteiger charge is 2.27. The van der Waals surface area contributed by atoms with E-state index in [2.05, 4.69) is 10.6 Å². The van der Waals surface area contributed by atoms with Crippen LogP contribution in [0.3, 0.4) is 0 Å². The van der Waals surface area contributed by atoms with E-state index in [0.29, 0.717) is 31.1 Å². The first kappa shape index (κ1) is 23.3. The Hall–Kier alpha value is -2.34. The lowest BCUT2D eigenvalue weighted by Gasteiger charge is -2.26. The van der Waals surface area contributed by atoms with E-state index in [-0.39, 0.29) is 23.7 Å². The summed E-state index contributed by atoms with van der Waals surface area (Å²) in [5.41, 5.74) is 0.334. The van der Waals surface area contributed by atoms with Gasteiger partial charge in [-0.15, -0.1) is 0 Å². The molecule has 9 nitrogen and oxygen atoms in total. The van der Waals surface area contributed by atoms with Crippen LogP contribution in [0.1, 0.15) is 17.0 Å². The normalized spacial score (nSPS) is 15.9. The molecule has 11 heteroatoms. The van der Waals surface area contributed by atoms with Crippen LogP contribution in [0.15, 0.2) is 52.0 Å². The Bertz CT molecular complexity index is 988. The predicted octanol–water partition coefficient (Wildman–Crippen LogP) is 1.79. The van der Waals surface area contributed by atoms with Gasteiger partial charge in [0.05, 0.1) is 24.4 Å². The van der Waals surface area contributed by atoms with Gasteiger partial charge in [0, 0.05) is 18.8 Å². The molecular formula is C20H25N3O6S2. The summed E-state index contributed by atoms with van der Waals surface area (Å²) in [5, 5.41) is 5.39. The topological polar surface area (TPSA) is 118 Å². The Morgan fingerprint density at radius 1 is 1.19 bits per heavy atom. The van der Waals surface area contributed by atoms with Crippen molar-refractivity contribution in [1.82, 2.24) is 9.62 Å². The Kier molecular flexibility index (Phi) is 8.13. The number of hydrogen-bond acceptors (Lipinski definition) is 7. The van der Waals surface area contributed by atoms with Crippen molar-refractivity contribution in [2.75, 3.05) is 43.6 Å². The van der Waals surface area contributed by atoms with Gasteiger partial charge in [-0.25, -0.2) is 8.42 Å². The molecule has 1 aliphatic heterocycles. The van der Waals surface area contributed by atoms with Crippen molar-refractivity contribution in [2.45, 2.75) is 17.4 Å². The fourth-order valence-electron chi connectivity index (χ4n) is 3.04. The molecule has 168 valence electrons. The maximum atomic E-state index is 12.9. The summed E-state index contributed by atoms with van der Waals surface area (Å²) < 4.78 is 37.4. The second-order valence-electron chi connectivity index (χ2n) is 6.82. The maximum absolute atomic E-state index is 12.9. The number of benzene rings is 1. The van der Waals surface area contributed by atoms with Crippen molar-refractivity contribution >= 4 is 39.3 Å². The largest absolute Gasteiger partial charge is 0.459 e. The first-order chi connectivity index (χ1) is 14.9. The van der Waals surface area contributed by atoms with E-state index >= 15 is 0 Å². The summed E-state index contributed by atoms with van der Waals surface area (Å²) in [6.45, 7) is 1.27. The maximum Gasteiger partial charge on any atom is 0.287 e. The zero-order valence-electron chi connectivity index (χ0n) is 17.1. The Balaban J connectivity index is 1.72. The minimum Gasteiger partial charge on any atom is -0.459 e. The van der Waals surface area contributed by atoms with Crippen LogP contribution in [0.2, 0.25) is 0 Å². The van der Waals surface area contributed by atoms with Crippen LogP contribution < -0.4 is 10.6 Å².